The fraction of sp³-hybridized carbons (Fsp3) is 0.462. The van der Waals surface area contributed by atoms with E-state index in [0.717, 1.165) is 12.8 Å². The Morgan fingerprint density at radius 2 is 2.18 bits per heavy atom. The molecule has 1 aromatic carbocycles. The summed E-state index contributed by atoms with van der Waals surface area (Å²) in [5.74, 6) is 0.0403. The number of rotatable bonds is 6. The zero-order chi connectivity index (χ0) is 12.7. The van der Waals surface area contributed by atoms with Crippen molar-refractivity contribution in [3.05, 3.63) is 29.8 Å². The van der Waals surface area contributed by atoms with E-state index in [1.807, 2.05) is 0 Å². The van der Waals surface area contributed by atoms with E-state index in [2.05, 4.69) is 12.2 Å². The van der Waals surface area contributed by atoms with E-state index in [0.29, 0.717) is 12.1 Å². The fourth-order valence-electron chi connectivity index (χ4n) is 1.61. The number of hydrogen-bond acceptors (Lipinski definition) is 3. The second kappa shape index (κ2) is 6.91. The van der Waals surface area contributed by atoms with Gasteiger partial charge in [0, 0.05) is 18.2 Å². The van der Waals surface area contributed by atoms with E-state index in [-0.39, 0.29) is 24.1 Å². The maximum absolute atomic E-state index is 11.6. The highest BCUT2D eigenvalue weighted by atomic mass is 16.3. The molecule has 0 fully saturated rings. The Labute approximate surface area is 102 Å². The Morgan fingerprint density at radius 3 is 2.82 bits per heavy atom. The molecule has 1 aromatic rings. The second-order valence-corrected chi connectivity index (χ2v) is 4.16. The smallest absolute Gasteiger partial charge is 0.224 e. The summed E-state index contributed by atoms with van der Waals surface area (Å²) in [6.45, 7) is 2.55. The van der Waals surface area contributed by atoms with Crippen molar-refractivity contribution >= 4 is 5.91 Å². The lowest BCUT2D eigenvalue weighted by atomic mass is 10.1. The van der Waals surface area contributed by atoms with E-state index in [1.165, 1.54) is 0 Å². The number of benzene rings is 1. The summed E-state index contributed by atoms with van der Waals surface area (Å²) in [6, 6.07) is 6.85. The van der Waals surface area contributed by atoms with Crippen LogP contribution in [0, 0.1) is 0 Å². The Bertz CT molecular complexity index is 366. The molecule has 17 heavy (non-hydrogen) atoms. The zero-order valence-corrected chi connectivity index (χ0v) is 10.1. The van der Waals surface area contributed by atoms with Crippen molar-refractivity contribution in [2.24, 2.45) is 5.73 Å². The van der Waals surface area contributed by atoms with Gasteiger partial charge < -0.3 is 16.2 Å². The minimum Gasteiger partial charge on any atom is -0.508 e. The van der Waals surface area contributed by atoms with Crippen molar-refractivity contribution in [3.63, 3.8) is 0 Å². The average Bonchev–Trinajstić information content (AvgIpc) is 2.30. The molecule has 0 spiro atoms. The molecule has 1 amide bonds. The molecule has 0 saturated carbocycles. The van der Waals surface area contributed by atoms with Crippen LogP contribution >= 0.6 is 0 Å². The van der Waals surface area contributed by atoms with Gasteiger partial charge in [-0.25, -0.2) is 0 Å². The van der Waals surface area contributed by atoms with Crippen LogP contribution in [0.5, 0.6) is 5.75 Å². The van der Waals surface area contributed by atoms with Crippen LogP contribution in [0.3, 0.4) is 0 Å². The van der Waals surface area contributed by atoms with Gasteiger partial charge in [0.15, 0.2) is 0 Å². The lowest BCUT2D eigenvalue weighted by Gasteiger charge is -2.11. The number of aromatic hydroxyl groups is 1. The molecular weight excluding hydrogens is 216 g/mol. The first kappa shape index (κ1) is 13.5. The molecule has 0 heterocycles. The minimum atomic E-state index is -0.113. The molecule has 0 radical (unpaired) electrons. The number of para-hydroxylation sites is 1. The highest BCUT2D eigenvalue weighted by molar-refractivity contribution is 5.79. The molecule has 0 saturated heterocycles. The number of hydrogen-bond donors (Lipinski definition) is 3. The molecular formula is C13H20N2O2. The van der Waals surface area contributed by atoms with Gasteiger partial charge in [0.05, 0.1) is 6.42 Å². The average molecular weight is 236 g/mol. The van der Waals surface area contributed by atoms with E-state index >= 15 is 0 Å². The van der Waals surface area contributed by atoms with E-state index in [4.69, 9.17) is 5.73 Å². The van der Waals surface area contributed by atoms with Crippen molar-refractivity contribution in [3.8, 4) is 5.75 Å². The molecule has 1 atom stereocenters. The first-order chi connectivity index (χ1) is 8.13. The van der Waals surface area contributed by atoms with Crippen LogP contribution in [-0.4, -0.2) is 23.6 Å². The van der Waals surface area contributed by atoms with Gasteiger partial charge >= 0.3 is 0 Å². The van der Waals surface area contributed by atoms with Gasteiger partial charge in [-0.15, -0.1) is 0 Å². The van der Waals surface area contributed by atoms with E-state index < -0.39 is 0 Å². The molecule has 1 rings (SSSR count). The highest BCUT2D eigenvalue weighted by Gasteiger charge is 2.08. The van der Waals surface area contributed by atoms with Crippen LogP contribution < -0.4 is 11.1 Å². The number of amides is 1. The zero-order valence-electron chi connectivity index (χ0n) is 10.1. The Balaban J connectivity index is 2.37. The summed E-state index contributed by atoms with van der Waals surface area (Å²) in [4.78, 5) is 11.6. The molecule has 0 aliphatic heterocycles. The standard InChI is InChI=1S/C13H20N2O2/c1-2-5-11(14)9-15-13(17)8-10-6-3-4-7-12(10)16/h3-4,6-7,11,16H,2,5,8-9,14H2,1H3,(H,15,17). The van der Waals surface area contributed by atoms with Crippen molar-refractivity contribution in [2.75, 3.05) is 6.54 Å². The quantitative estimate of drug-likeness (QED) is 0.694. The Hall–Kier alpha value is -1.55. The van der Waals surface area contributed by atoms with Crippen LogP contribution in [0.15, 0.2) is 24.3 Å². The number of phenolic OH excluding ortho intramolecular Hbond substituents is 1. The fourth-order valence-corrected chi connectivity index (χ4v) is 1.61. The Kier molecular flexibility index (Phi) is 5.49. The maximum atomic E-state index is 11.6. The molecule has 1 unspecified atom stereocenters. The number of nitrogens with two attached hydrogens (primary N) is 1. The van der Waals surface area contributed by atoms with Gasteiger partial charge in [0.1, 0.15) is 5.75 Å². The Morgan fingerprint density at radius 1 is 1.47 bits per heavy atom. The molecule has 4 heteroatoms. The lowest BCUT2D eigenvalue weighted by molar-refractivity contribution is -0.120. The first-order valence-corrected chi connectivity index (χ1v) is 5.92. The monoisotopic (exact) mass is 236 g/mol. The van der Waals surface area contributed by atoms with Gasteiger partial charge in [-0.2, -0.15) is 0 Å². The minimum absolute atomic E-state index is 0.00770. The summed E-state index contributed by atoms with van der Waals surface area (Å²) in [6.07, 6.45) is 2.10. The van der Waals surface area contributed by atoms with E-state index in [1.54, 1.807) is 24.3 Å². The number of nitrogens with one attached hydrogen (secondary N) is 1. The summed E-state index contributed by atoms with van der Waals surface area (Å²) < 4.78 is 0. The predicted octanol–water partition coefficient (Wildman–Crippen LogP) is 1.18. The molecule has 0 bridgehead atoms. The van der Waals surface area contributed by atoms with Crippen LogP contribution in [0.25, 0.3) is 0 Å². The van der Waals surface area contributed by atoms with Gasteiger partial charge in [0.25, 0.3) is 0 Å². The third-order valence-corrected chi connectivity index (χ3v) is 2.56. The second-order valence-electron chi connectivity index (χ2n) is 4.16. The van der Waals surface area contributed by atoms with Crippen molar-refractivity contribution < 1.29 is 9.90 Å². The summed E-state index contributed by atoms with van der Waals surface area (Å²) in [5.41, 5.74) is 6.43. The van der Waals surface area contributed by atoms with Crippen LogP contribution in [-0.2, 0) is 11.2 Å². The number of phenols is 1. The van der Waals surface area contributed by atoms with Crippen LogP contribution in [0.2, 0.25) is 0 Å². The molecule has 4 nitrogen and oxygen atoms in total. The van der Waals surface area contributed by atoms with Crippen LogP contribution in [0.1, 0.15) is 25.3 Å². The maximum Gasteiger partial charge on any atom is 0.224 e. The van der Waals surface area contributed by atoms with Gasteiger partial charge in [0.2, 0.25) is 5.91 Å². The van der Waals surface area contributed by atoms with Gasteiger partial charge in [-0.3, -0.25) is 4.79 Å². The molecule has 0 aliphatic rings. The topological polar surface area (TPSA) is 75.3 Å². The van der Waals surface area contributed by atoms with Crippen molar-refractivity contribution in [1.82, 2.24) is 5.32 Å². The normalized spacial score (nSPS) is 12.1. The number of carbonyl (C=O) groups excluding carboxylic acids is 1. The SMILES string of the molecule is CCCC(N)CNC(=O)Cc1ccccc1O. The summed E-state index contributed by atoms with van der Waals surface area (Å²) in [5, 5.41) is 12.3. The third kappa shape index (κ3) is 4.87. The first-order valence-electron chi connectivity index (χ1n) is 5.92. The molecule has 0 aromatic heterocycles. The van der Waals surface area contributed by atoms with Crippen molar-refractivity contribution in [2.45, 2.75) is 32.2 Å². The lowest BCUT2D eigenvalue weighted by Crippen LogP contribution is -2.37. The molecule has 4 N–H and O–H groups in total. The molecule has 94 valence electrons. The largest absolute Gasteiger partial charge is 0.508 e. The third-order valence-electron chi connectivity index (χ3n) is 2.56. The van der Waals surface area contributed by atoms with Gasteiger partial charge in [-0.05, 0) is 12.5 Å². The van der Waals surface area contributed by atoms with E-state index in [9.17, 15) is 9.90 Å². The van der Waals surface area contributed by atoms with Gasteiger partial charge in [-0.1, -0.05) is 31.5 Å². The van der Waals surface area contributed by atoms with Crippen LogP contribution in [0.4, 0.5) is 0 Å². The highest BCUT2D eigenvalue weighted by Crippen LogP contribution is 2.15. The molecule has 0 aliphatic carbocycles. The van der Waals surface area contributed by atoms with Crippen molar-refractivity contribution in [1.29, 1.82) is 0 Å². The summed E-state index contributed by atoms with van der Waals surface area (Å²) in [7, 11) is 0. The summed E-state index contributed by atoms with van der Waals surface area (Å²) >= 11 is 0. The predicted molar refractivity (Wildman–Crippen MR) is 67.7 cm³/mol. The number of carbonyl (C=O) groups is 1.